The van der Waals surface area contributed by atoms with E-state index in [1.54, 1.807) is 26.0 Å². The molecule has 8 heteroatoms. The normalized spacial score (nSPS) is 13.6. The van der Waals surface area contributed by atoms with Gasteiger partial charge in [0.1, 0.15) is 11.9 Å². The molecule has 0 aliphatic heterocycles. The van der Waals surface area contributed by atoms with Crippen molar-refractivity contribution in [2.75, 3.05) is 0 Å². The molecule has 2 heterocycles. The van der Waals surface area contributed by atoms with E-state index in [1.807, 2.05) is 0 Å². The van der Waals surface area contributed by atoms with Crippen LogP contribution in [0, 0.1) is 17.0 Å². The lowest BCUT2D eigenvalue weighted by molar-refractivity contribution is -0.385. The van der Waals surface area contributed by atoms with Crippen molar-refractivity contribution in [3.63, 3.8) is 0 Å². The van der Waals surface area contributed by atoms with Crippen LogP contribution < -0.4 is 5.32 Å². The third-order valence-corrected chi connectivity index (χ3v) is 4.18. The van der Waals surface area contributed by atoms with Crippen LogP contribution in [0.3, 0.4) is 0 Å². The number of hydrogen-bond donors (Lipinski definition) is 2. The first-order valence-corrected chi connectivity index (χ1v) is 7.47. The molecule has 0 aromatic carbocycles. The fraction of sp³-hybridized carbons (Fsp3) is 0.357. The number of nitro groups is 1. The minimum atomic E-state index is -0.815. The van der Waals surface area contributed by atoms with Gasteiger partial charge in [-0.3, -0.25) is 14.9 Å². The number of aryl methyl sites for hydroxylation is 1. The van der Waals surface area contributed by atoms with Crippen molar-refractivity contribution >= 4 is 22.9 Å². The Kier molecular flexibility index (Phi) is 4.94. The van der Waals surface area contributed by atoms with Gasteiger partial charge in [0.2, 0.25) is 0 Å². The number of amides is 1. The van der Waals surface area contributed by atoms with Crippen LogP contribution in [0.5, 0.6) is 0 Å². The molecule has 7 nitrogen and oxygen atoms in total. The van der Waals surface area contributed by atoms with E-state index in [4.69, 9.17) is 4.42 Å². The highest BCUT2D eigenvalue weighted by Gasteiger charge is 2.22. The Morgan fingerprint density at radius 3 is 2.86 bits per heavy atom. The van der Waals surface area contributed by atoms with E-state index < -0.39 is 11.0 Å². The smallest absolute Gasteiger partial charge is 0.283 e. The minimum absolute atomic E-state index is 0.0570. The predicted molar refractivity (Wildman–Crippen MR) is 80.9 cm³/mol. The van der Waals surface area contributed by atoms with Crippen molar-refractivity contribution < 1.29 is 19.2 Å². The maximum absolute atomic E-state index is 12.1. The van der Waals surface area contributed by atoms with Crippen molar-refractivity contribution in [3.05, 3.63) is 50.1 Å². The van der Waals surface area contributed by atoms with Crippen molar-refractivity contribution in [1.82, 2.24) is 5.32 Å². The Bertz CT molecular complexity index is 665. The number of aliphatic hydroxyl groups is 1. The molecule has 2 rings (SSSR count). The molecule has 0 fully saturated rings. The molecule has 0 aliphatic carbocycles. The molecule has 0 unspecified atom stereocenters. The molecule has 1 amide bonds. The summed E-state index contributed by atoms with van der Waals surface area (Å²) < 4.78 is 5.10. The van der Waals surface area contributed by atoms with Crippen molar-refractivity contribution in [2.45, 2.75) is 32.4 Å². The zero-order chi connectivity index (χ0) is 16.3. The highest BCUT2D eigenvalue weighted by Crippen LogP contribution is 2.28. The molecule has 2 aromatic heterocycles. The van der Waals surface area contributed by atoms with E-state index in [9.17, 15) is 20.0 Å². The van der Waals surface area contributed by atoms with Gasteiger partial charge in [-0.25, -0.2) is 0 Å². The van der Waals surface area contributed by atoms with Gasteiger partial charge in [-0.05, 0) is 26.0 Å². The van der Waals surface area contributed by atoms with E-state index in [1.165, 1.54) is 12.3 Å². The van der Waals surface area contributed by atoms with E-state index in [0.717, 1.165) is 11.3 Å². The lowest BCUT2D eigenvalue weighted by atomic mass is 10.1. The molecular weight excluding hydrogens is 308 g/mol. The topological polar surface area (TPSA) is 106 Å². The van der Waals surface area contributed by atoms with Crippen LogP contribution in [0.2, 0.25) is 0 Å². The Hall–Kier alpha value is -2.19. The minimum Gasteiger partial charge on any atom is -0.467 e. The van der Waals surface area contributed by atoms with Gasteiger partial charge < -0.3 is 14.8 Å². The average Bonchev–Trinajstić information content (AvgIpc) is 3.06. The van der Waals surface area contributed by atoms with Gasteiger partial charge in [-0.2, -0.15) is 0 Å². The molecule has 2 N–H and O–H groups in total. The Balaban J connectivity index is 1.96. The van der Waals surface area contributed by atoms with Crippen LogP contribution in [-0.4, -0.2) is 22.0 Å². The molecule has 2 aromatic rings. The molecule has 2 atom stereocenters. The maximum atomic E-state index is 12.1. The monoisotopic (exact) mass is 324 g/mol. The van der Waals surface area contributed by atoms with Crippen LogP contribution >= 0.6 is 11.3 Å². The number of hydrogen-bond acceptors (Lipinski definition) is 6. The second kappa shape index (κ2) is 6.71. The third-order valence-electron chi connectivity index (χ3n) is 3.14. The number of nitrogens with zero attached hydrogens (tertiary/aromatic N) is 1. The van der Waals surface area contributed by atoms with Gasteiger partial charge in [-0.15, -0.1) is 11.3 Å². The fourth-order valence-corrected chi connectivity index (χ4v) is 2.94. The standard InChI is InChI=1S/C14H16N2O5S/c1-8(6-11(17)12-4-3-5-21-12)15-14(18)13-7-10(16(19)20)9(2)22-13/h3-5,7-8,11,17H,6H2,1-2H3,(H,15,18)/t8-,11-/m1/s1. The highest BCUT2D eigenvalue weighted by molar-refractivity contribution is 7.14. The first-order valence-electron chi connectivity index (χ1n) is 6.65. The summed E-state index contributed by atoms with van der Waals surface area (Å²) >= 11 is 1.07. The average molecular weight is 324 g/mol. The van der Waals surface area contributed by atoms with Crippen molar-refractivity contribution in [1.29, 1.82) is 0 Å². The van der Waals surface area contributed by atoms with Crippen molar-refractivity contribution in [3.8, 4) is 0 Å². The largest absolute Gasteiger partial charge is 0.467 e. The summed E-state index contributed by atoms with van der Waals surface area (Å²) in [5.74, 6) is 0.0454. The number of furan rings is 1. The van der Waals surface area contributed by atoms with E-state index >= 15 is 0 Å². The quantitative estimate of drug-likeness (QED) is 0.628. The van der Waals surface area contributed by atoms with Gasteiger partial charge in [0.05, 0.1) is 20.9 Å². The van der Waals surface area contributed by atoms with E-state index in [-0.39, 0.29) is 28.9 Å². The summed E-state index contributed by atoms with van der Waals surface area (Å²) in [6, 6.07) is 4.29. The number of aliphatic hydroxyl groups excluding tert-OH is 1. The molecule has 118 valence electrons. The summed E-state index contributed by atoms with van der Waals surface area (Å²) in [6.45, 7) is 3.35. The molecule has 0 saturated carbocycles. The summed E-state index contributed by atoms with van der Waals surface area (Å²) in [5, 5.41) is 23.5. The van der Waals surface area contributed by atoms with Crippen LogP contribution in [-0.2, 0) is 0 Å². The van der Waals surface area contributed by atoms with E-state index in [0.29, 0.717) is 10.6 Å². The summed E-state index contributed by atoms with van der Waals surface area (Å²) in [7, 11) is 0. The number of rotatable bonds is 6. The second-order valence-corrected chi connectivity index (χ2v) is 6.21. The van der Waals surface area contributed by atoms with Crippen LogP contribution in [0.15, 0.2) is 28.9 Å². The number of carbonyl (C=O) groups excluding carboxylic acids is 1. The second-order valence-electron chi connectivity index (χ2n) is 4.95. The number of thiophene rings is 1. The predicted octanol–water partition coefficient (Wildman–Crippen LogP) is 2.80. The maximum Gasteiger partial charge on any atom is 0.283 e. The van der Waals surface area contributed by atoms with Gasteiger partial charge >= 0.3 is 0 Å². The van der Waals surface area contributed by atoms with E-state index in [2.05, 4.69) is 5.32 Å². The highest BCUT2D eigenvalue weighted by atomic mass is 32.1. The third kappa shape index (κ3) is 3.71. The number of carbonyl (C=O) groups is 1. The van der Waals surface area contributed by atoms with Gasteiger partial charge in [0, 0.05) is 18.5 Å². The Morgan fingerprint density at radius 2 is 2.32 bits per heavy atom. The van der Waals surface area contributed by atoms with Crippen LogP contribution in [0.1, 0.15) is 39.8 Å². The summed E-state index contributed by atoms with van der Waals surface area (Å²) in [4.78, 5) is 23.1. The Labute approximate surface area is 130 Å². The lowest BCUT2D eigenvalue weighted by Gasteiger charge is -2.16. The molecule has 22 heavy (non-hydrogen) atoms. The summed E-state index contributed by atoms with van der Waals surface area (Å²) in [6.07, 6.45) is 0.936. The number of nitrogens with one attached hydrogen (secondary N) is 1. The SMILES string of the molecule is Cc1sc(C(=O)N[C@H](C)C[C@@H](O)c2ccco2)cc1[N+](=O)[O-]. The molecule has 0 saturated heterocycles. The molecule has 0 bridgehead atoms. The molecule has 0 spiro atoms. The lowest BCUT2D eigenvalue weighted by Crippen LogP contribution is -2.33. The first-order chi connectivity index (χ1) is 10.4. The zero-order valence-electron chi connectivity index (χ0n) is 12.1. The Morgan fingerprint density at radius 1 is 1.59 bits per heavy atom. The first kappa shape index (κ1) is 16.2. The summed E-state index contributed by atoms with van der Waals surface area (Å²) in [5.41, 5.74) is -0.0570. The molecule has 0 aliphatic rings. The zero-order valence-corrected chi connectivity index (χ0v) is 12.9. The van der Waals surface area contributed by atoms with Gasteiger partial charge in [0.15, 0.2) is 0 Å². The van der Waals surface area contributed by atoms with Crippen LogP contribution in [0.25, 0.3) is 0 Å². The van der Waals surface area contributed by atoms with Crippen LogP contribution in [0.4, 0.5) is 5.69 Å². The fourth-order valence-electron chi connectivity index (χ4n) is 2.05. The van der Waals surface area contributed by atoms with Gasteiger partial charge in [0.25, 0.3) is 11.6 Å². The van der Waals surface area contributed by atoms with Gasteiger partial charge in [-0.1, -0.05) is 0 Å². The molecular formula is C14H16N2O5S. The van der Waals surface area contributed by atoms with Crippen molar-refractivity contribution in [2.24, 2.45) is 0 Å². The molecule has 0 radical (unpaired) electrons.